The number of nitrogens with one attached hydrogen (secondary N) is 2. The molecule has 0 aromatic heterocycles. The molecule has 0 aliphatic carbocycles. The van der Waals surface area contributed by atoms with Gasteiger partial charge in [0.25, 0.3) is 5.91 Å². The molecule has 1 unspecified atom stereocenters. The molecule has 2 N–H and O–H groups in total. The number of carbonyl (C=O) groups excluding carboxylic acids is 3. The number of rotatable bonds is 4. The Morgan fingerprint density at radius 3 is 2.52 bits per heavy atom. The van der Waals surface area contributed by atoms with Crippen LogP contribution in [0.5, 0.6) is 0 Å². The second-order valence-electron chi connectivity index (χ2n) is 6.10. The van der Waals surface area contributed by atoms with Gasteiger partial charge in [0.1, 0.15) is 17.9 Å². The molecule has 6 nitrogen and oxygen atoms in total. The van der Waals surface area contributed by atoms with Crippen molar-refractivity contribution in [3.63, 3.8) is 0 Å². The summed E-state index contributed by atoms with van der Waals surface area (Å²) in [6, 6.07) is 8.35. The molecule has 3 rings (SSSR count). The molecular formula is C18H14ClF2N3O3. The maximum Gasteiger partial charge on any atom is 0.325 e. The van der Waals surface area contributed by atoms with Crippen LogP contribution < -0.4 is 10.6 Å². The number of nitrogens with zero attached hydrogens (tertiary/aromatic N) is 1. The average molecular weight is 394 g/mol. The monoisotopic (exact) mass is 393 g/mol. The largest absolute Gasteiger partial charge is 0.325 e. The van der Waals surface area contributed by atoms with Crippen molar-refractivity contribution >= 4 is 35.1 Å². The Hall–Kier alpha value is -3.00. The molecule has 0 radical (unpaired) electrons. The maximum absolute atomic E-state index is 13.9. The number of hydrogen-bond donors (Lipinski definition) is 2. The van der Waals surface area contributed by atoms with Crippen molar-refractivity contribution in [2.24, 2.45) is 0 Å². The van der Waals surface area contributed by atoms with E-state index >= 15 is 0 Å². The molecule has 2 aromatic rings. The summed E-state index contributed by atoms with van der Waals surface area (Å²) in [5.41, 5.74) is -1.24. The molecule has 1 atom stereocenters. The zero-order chi connectivity index (χ0) is 19.8. The van der Waals surface area contributed by atoms with Crippen molar-refractivity contribution in [3.05, 3.63) is 64.7 Å². The third kappa shape index (κ3) is 3.48. The van der Waals surface area contributed by atoms with Gasteiger partial charge in [-0.15, -0.1) is 0 Å². The third-order valence-corrected chi connectivity index (χ3v) is 4.52. The highest BCUT2D eigenvalue weighted by Gasteiger charge is 2.49. The van der Waals surface area contributed by atoms with Crippen molar-refractivity contribution in [2.75, 3.05) is 11.9 Å². The van der Waals surface area contributed by atoms with Gasteiger partial charge in [-0.25, -0.2) is 13.6 Å². The van der Waals surface area contributed by atoms with Gasteiger partial charge in [0.05, 0.1) is 10.7 Å². The van der Waals surface area contributed by atoms with Crippen LogP contribution in [0.2, 0.25) is 5.02 Å². The van der Waals surface area contributed by atoms with E-state index in [2.05, 4.69) is 10.6 Å². The first kappa shape index (κ1) is 18.8. The SMILES string of the molecule is CC1(c2ccc(F)cc2)NC(=O)N(CC(=O)Nc2cccc(Cl)c2F)C1=O. The van der Waals surface area contributed by atoms with Crippen molar-refractivity contribution in [3.8, 4) is 0 Å². The normalized spacial score (nSPS) is 19.2. The zero-order valence-electron chi connectivity index (χ0n) is 14.1. The van der Waals surface area contributed by atoms with Crippen LogP contribution in [0, 0.1) is 11.6 Å². The van der Waals surface area contributed by atoms with E-state index in [0.717, 1.165) is 12.1 Å². The fourth-order valence-electron chi connectivity index (χ4n) is 2.75. The van der Waals surface area contributed by atoms with E-state index in [9.17, 15) is 23.2 Å². The second kappa shape index (κ2) is 6.96. The van der Waals surface area contributed by atoms with Gasteiger partial charge < -0.3 is 10.6 Å². The Balaban J connectivity index is 1.76. The highest BCUT2D eigenvalue weighted by Crippen LogP contribution is 2.29. The van der Waals surface area contributed by atoms with Crippen LogP contribution in [0.1, 0.15) is 12.5 Å². The van der Waals surface area contributed by atoms with E-state index in [1.807, 2.05) is 0 Å². The van der Waals surface area contributed by atoms with Gasteiger partial charge in [-0.05, 0) is 36.8 Å². The molecule has 1 fully saturated rings. The van der Waals surface area contributed by atoms with E-state index < -0.39 is 41.6 Å². The molecular weight excluding hydrogens is 380 g/mol. The fourth-order valence-corrected chi connectivity index (χ4v) is 2.93. The molecule has 1 saturated heterocycles. The average Bonchev–Trinajstić information content (AvgIpc) is 2.83. The molecule has 2 aromatic carbocycles. The van der Waals surface area contributed by atoms with Gasteiger partial charge in [0.15, 0.2) is 5.82 Å². The summed E-state index contributed by atoms with van der Waals surface area (Å²) in [5.74, 6) is -2.76. The summed E-state index contributed by atoms with van der Waals surface area (Å²) >= 11 is 5.65. The molecule has 9 heteroatoms. The van der Waals surface area contributed by atoms with Gasteiger partial charge >= 0.3 is 6.03 Å². The smallest absolute Gasteiger partial charge is 0.322 e. The van der Waals surface area contributed by atoms with Crippen LogP contribution in [-0.4, -0.2) is 29.3 Å². The van der Waals surface area contributed by atoms with Crippen LogP contribution in [0.15, 0.2) is 42.5 Å². The number of hydrogen-bond acceptors (Lipinski definition) is 3. The second-order valence-corrected chi connectivity index (χ2v) is 6.51. The van der Waals surface area contributed by atoms with E-state index in [-0.39, 0.29) is 10.7 Å². The summed E-state index contributed by atoms with van der Waals surface area (Å²) in [7, 11) is 0. The van der Waals surface area contributed by atoms with E-state index in [1.165, 1.54) is 37.3 Å². The molecule has 27 heavy (non-hydrogen) atoms. The fraction of sp³-hybridized carbons (Fsp3) is 0.167. The highest BCUT2D eigenvalue weighted by molar-refractivity contribution is 6.31. The van der Waals surface area contributed by atoms with E-state index in [4.69, 9.17) is 11.6 Å². The molecule has 1 aliphatic rings. The summed E-state index contributed by atoms with van der Waals surface area (Å²) in [6.45, 7) is 0.836. The van der Waals surface area contributed by atoms with Crippen LogP contribution in [-0.2, 0) is 15.1 Å². The Kier molecular flexibility index (Phi) is 4.84. The molecule has 0 spiro atoms. The van der Waals surface area contributed by atoms with Crippen LogP contribution in [0.25, 0.3) is 0 Å². The Bertz CT molecular complexity index is 936. The summed E-state index contributed by atoms with van der Waals surface area (Å²) in [6.07, 6.45) is 0. The lowest BCUT2D eigenvalue weighted by atomic mass is 9.92. The molecule has 1 aliphatic heterocycles. The van der Waals surface area contributed by atoms with Crippen molar-refractivity contribution in [1.29, 1.82) is 0 Å². The lowest BCUT2D eigenvalue weighted by molar-refractivity contribution is -0.133. The van der Waals surface area contributed by atoms with Crippen molar-refractivity contribution in [2.45, 2.75) is 12.5 Å². The minimum absolute atomic E-state index is 0.166. The van der Waals surface area contributed by atoms with Crippen molar-refractivity contribution < 1.29 is 23.2 Å². The molecule has 0 bridgehead atoms. The third-order valence-electron chi connectivity index (χ3n) is 4.22. The van der Waals surface area contributed by atoms with E-state index in [0.29, 0.717) is 10.5 Å². The number of anilines is 1. The predicted molar refractivity (Wildman–Crippen MR) is 94.0 cm³/mol. The molecule has 0 saturated carbocycles. The number of carbonyl (C=O) groups is 3. The molecule has 1 heterocycles. The first-order chi connectivity index (χ1) is 12.7. The number of amides is 4. The highest BCUT2D eigenvalue weighted by atomic mass is 35.5. The van der Waals surface area contributed by atoms with Gasteiger partial charge in [-0.3, -0.25) is 14.5 Å². The van der Waals surface area contributed by atoms with Crippen LogP contribution in [0.4, 0.5) is 19.3 Å². The zero-order valence-corrected chi connectivity index (χ0v) is 14.8. The van der Waals surface area contributed by atoms with Gasteiger partial charge in [-0.2, -0.15) is 0 Å². The first-order valence-electron chi connectivity index (χ1n) is 7.86. The van der Waals surface area contributed by atoms with Gasteiger partial charge in [-0.1, -0.05) is 29.8 Å². The van der Waals surface area contributed by atoms with Crippen LogP contribution >= 0.6 is 11.6 Å². The van der Waals surface area contributed by atoms with Crippen molar-refractivity contribution in [1.82, 2.24) is 10.2 Å². The maximum atomic E-state index is 13.9. The topological polar surface area (TPSA) is 78.5 Å². The van der Waals surface area contributed by atoms with Gasteiger partial charge in [0.2, 0.25) is 5.91 Å². The Morgan fingerprint density at radius 2 is 1.85 bits per heavy atom. The Morgan fingerprint density at radius 1 is 1.19 bits per heavy atom. The minimum atomic E-state index is -1.44. The molecule has 140 valence electrons. The van der Waals surface area contributed by atoms with Gasteiger partial charge in [0, 0.05) is 0 Å². The number of benzene rings is 2. The number of urea groups is 1. The molecule has 4 amide bonds. The predicted octanol–water partition coefficient (Wildman–Crippen LogP) is 3.02. The first-order valence-corrected chi connectivity index (χ1v) is 8.24. The Labute approximate surface area is 158 Å². The van der Waals surface area contributed by atoms with Crippen LogP contribution in [0.3, 0.4) is 0 Å². The minimum Gasteiger partial charge on any atom is -0.322 e. The lowest BCUT2D eigenvalue weighted by Crippen LogP contribution is -2.42. The quantitative estimate of drug-likeness (QED) is 0.784. The number of halogens is 3. The summed E-state index contributed by atoms with van der Waals surface area (Å²) < 4.78 is 27.0. The standard InChI is InChI=1S/C18H14ClF2N3O3/c1-18(10-5-7-11(20)8-6-10)16(26)24(17(27)23-18)9-14(25)22-13-4-2-3-12(19)15(13)21/h2-8H,9H2,1H3,(H,22,25)(H,23,27). The lowest BCUT2D eigenvalue weighted by Gasteiger charge is -2.22. The summed E-state index contributed by atoms with van der Waals surface area (Å²) in [4.78, 5) is 37.8. The number of imide groups is 1. The summed E-state index contributed by atoms with van der Waals surface area (Å²) in [5, 5.41) is 4.59. The van der Waals surface area contributed by atoms with E-state index in [1.54, 1.807) is 0 Å².